The fraction of sp³-hybridized carbons (Fsp3) is 0.105. The molecule has 4 aromatic rings. The Kier molecular flexibility index (Phi) is 4.18. The van der Waals surface area contributed by atoms with Crippen molar-refractivity contribution in [1.29, 1.82) is 5.26 Å². The second kappa shape index (κ2) is 6.67. The monoisotopic (exact) mass is 377 g/mol. The van der Waals surface area contributed by atoms with E-state index in [1.807, 2.05) is 30.3 Å². The average molecular weight is 378 g/mol. The van der Waals surface area contributed by atoms with Crippen LogP contribution in [0.4, 0.5) is 0 Å². The number of nitriles is 1. The molecule has 0 amide bonds. The molecule has 3 heterocycles. The van der Waals surface area contributed by atoms with Gasteiger partial charge in [-0.1, -0.05) is 17.7 Å². The Morgan fingerprint density at radius 1 is 1.26 bits per heavy atom. The van der Waals surface area contributed by atoms with E-state index in [0.29, 0.717) is 22.5 Å². The fourth-order valence-electron chi connectivity index (χ4n) is 2.93. The van der Waals surface area contributed by atoms with Gasteiger partial charge in [-0.2, -0.15) is 10.4 Å². The summed E-state index contributed by atoms with van der Waals surface area (Å²) in [6, 6.07) is 11.2. The van der Waals surface area contributed by atoms with Gasteiger partial charge in [0.15, 0.2) is 5.69 Å². The van der Waals surface area contributed by atoms with Crippen molar-refractivity contribution in [2.24, 2.45) is 0 Å². The number of ether oxygens (including phenoxy) is 1. The van der Waals surface area contributed by atoms with Crippen LogP contribution in [-0.4, -0.2) is 32.8 Å². The largest absolute Gasteiger partial charge is 0.464 e. The number of pyridine rings is 2. The third-order valence-electron chi connectivity index (χ3n) is 4.17. The van der Waals surface area contributed by atoms with Crippen LogP contribution in [0.5, 0.6) is 0 Å². The first-order valence-electron chi connectivity index (χ1n) is 7.98. The SMILES string of the molecule is COC(=O)c1nn(Cc2ccc3ncc(Cl)cc3c2)c2cnc(C#N)cc12. The van der Waals surface area contributed by atoms with E-state index in [9.17, 15) is 4.79 Å². The number of aromatic nitrogens is 4. The normalized spacial score (nSPS) is 10.9. The summed E-state index contributed by atoms with van der Waals surface area (Å²) >= 11 is 6.03. The first kappa shape index (κ1) is 16.9. The van der Waals surface area contributed by atoms with Crippen LogP contribution < -0.4 is 0 Å². The van der Waals surface area contributed by atoms with Crippen LogP contribution in [0.1, 0.15) is 21.7 Å². The van der Waals surface area contributed by atoms with E-state index >= 15 is 0 Å². The summed E-state index contributed by atoms with van der Waals surface area (Å²) in [6.07, 6.45) is 3.14. The molecule has 27 heavy (non-hydrogen) atoms. The van der Waals surface area contributed by atoms with E-state index in [1.54, 1.807) is 10.9 Å². The maximum absolute atomic E-state index is 12.1. The summed E-state index contributed by atoms with van der Waals surface area (Å²) in [5.41, 5.74) is 2.79. The lowest BCUT2D eigenvalue weighted by Gasteiger charge is -2.06. The predicted molar refractivity (Wildman–Crippen MR) is 99.4 cm³/mol. The molecule has 0 radical (unpaired) electrons. The minimum absolute atomic E-state index is 0.150. The zero-order chi connectivity index (χ0) is 19.0. The summed E-state index contributed by atoms with van der Waals surface area (Å²) in [5.74, 6) is -0.566. The molecule has 0 aliphatic heterocycles. The van der Waals surface area contributed by atoms with Crippen LogP contribution in [-0.2, 0) is 11.3 Å². The van der Waals surface area contributed by atoms with E-state index in [4.69, 9.17) is 21.6 Å². The number of carbonyl (C=O) groups is 1. The number of hydrogen-bond donors (Lipinski definition) is 0. The van der Waals surface area contributed by atoms with Crippen molar-refractivity contribution < 1.29 is 9.53 Å². The van der Waals surface area contributed by atoms with Gasteiger partial charge in [0.05, 0.1) is 35.9 Å². The standard InChI is InChI=1S/C19H12ClN5O2/c1-27-19(26)18-15-6-14(7-21)22-9-17(15)25(24-18)10-11-2-3-16-12(4-11)5-13(20)8-23-16/h2-6,8-9H,10H2,1H3. The summed E-state index contributed by atoms with van der Waals surface area (Å²) in [5, 5.41) is 15.5. The van der Waals surface area contributed by atoms with Crippen LogP contribution in [0.2, 0.25) is 5.02 Å². The Balaban J connectivity index is 1.82. The zero-order valence-electron chi connectivity index (χ0n) is 14.2. The molecule has 0 spiro atoms. The number of rotatable bonds is 3. The average Bonchev–Trinajstić information content (AvgIpc) is 3.04. The quantitative estimate of drug-likeness (QED) is 0.508. The summed E-state index contributed by atoms with van der Waals surface area (Å²) in [7, 11) is 1.29. The Morgan fingerprint density at radius 2 is 2.11 bits per heavy atom. The molecule has 0 N–H and O–H groups in total. The third-order valence-corrected chi connectivity index (χ3v) is 4.38. The van der Waals surface area contributed by atoms with Gasteiger partial charge in [-0.05, 0) is 29.8 Å². The lowest BCUT2D eigenvalue weighted by molar-refractivity contribution is 0.0595. The zero-order valence-corrected chi connectivity index (χ0v) is 14.9. The van der Waals surface area contributed by atoms with Gasteiger partial charge in [0, 0.05) is 17.0 Å². The first-order valence-corrected chi connectivity index (χ1v) is 8.36. The number of benzene rings is 1. The molecule has 0 aliphatic rings. The Labute approximate surface area is 158 Å². The number of esters is 1. The molecular formula is C19H12ClN5O2. The molecule has 1 aromatic carbocycles. The van der Waals surface area contributed by atoms with Gasteiger partial charge < -0.3 is 4.74 Å². The topological polar surface area (TPSA) is 93.7 Å². The van der Waals surface area contributed by atoms with Gasteiger partial charge >= 0.3 is 5.97 Å². The van der Waals surface area contributed by atoms with Crippen LogP contribution in [0, 0.1) is 11.3 Å². The van der Waals surface area contributed by atoms with E-state index in [2.05, 4.69) is 15.1 Å². The highest BCUT2D eigenvalue weighted by Crippen LogP contribution is 2.23. The van der Waals surface area contributed by atoms with Crippen molar-refractivity contribution in [3.05, 3.63) is 64.7 Å². The van der Waals surface area contributed by atoms with Crippen molar-refractivity contribution in [2.75, 3.05) is 7.11 Å². The summed E-state index contributed by atoms with van der Waals surface area (Å²) < 4.78 is 6.47. The summed E-state index contributed by atoms with van der Waals surface area (Å²) in [6.45, 7) is 0.406. The minimum Gasteiger partial charge on any atom is -0.464 e. The number of fused-ring (bicyclic) bond motifs is 2. The molecule has 0 bridgehead atoms. The summed E-state index contributed by atoms with van der Waals surface area (Å²) in [4.78, 5) is 20.4. The van der Waals surface area contributed by atoms with Gasteiger partial charge in [0.1, 0.15) is 11.8 Å². The highest BCUT2D eigenvalue weighted by atomic mass is 35.5. The van der Waals surface area contributed by atoms with Crippen LogP contribution in [0.3, 0.4) is 0 Å². The number of halogens is 1. The predicted octanol–water partition coefficient (Wildman–Crippen LogP) is 3.34. The maximum atomic E-state index is 12.1. The lowest BCUT2D eigenvalue weighted by atomic mass is 10.1. The van der Waals surface area contributed by atoms with Gasteiger partial charge in [0.25, 0.3) is 0 Å². The highest BCUT2D eigenvalue weighted by Gasteiger charge is 2.19. The van der Waals surface area contributed by atoms with Crippen molar-refractivity contribution in [2.45, 2.75) is 6.54 Å². The second-order valence-corrected chi connectivity index (χ2v) is 6.31. The molecule has 4 rings (SSSR count). The number of nitrogens with zero attached hydrogens (tertiary/aromatic N) is 5. The minimum atomic E-state index is -0.566. The molecule has 0 aliphatic carbocycles. The van der Waals surface area contributed by atoms with Gasteiger partial charge in [-0.3, -0.25) is 9.67 Å². The van der Waals surface area contributed by atoms with E-state index < -0.39 is 5.97 Å². The molecule has 0 saturated carbocycles. The van der Waals surface area contributed by atoms with Crippen molar-refractivity contribution >= 4 is 39.4 Å². The second-order valence-electron chi connectivity index (χ2n) is 5.88. The first-order chi connectivity index (χ1) is 13.1. The smallest absolute Gasteiger partial charge is 0.359 e. The van der Waals surface area contributed by atoms with Crippen molar-refractivity contribution in [3.8, 4) is 6.07 Å². The Morgan fingerprint density at radius 3 is 2.89 bits per heavy atom. The number of hydrogen-bond acceptors (Lipinski definition) is 6. The van der Waals surface area contributed by atoms with Gasteiger partial charge in [0.2, 0.25) is 0 Å². The highest BCUT2D eigenvalue weighted by molar-refractivity contribution is 6.31. The molecule has 3 aromatic heterocycles. The lowest BCUT2D eigenvalue weighted by Crippen LogP contribution is -2.06. The van der Waals surface area contributed by atoms with Gasteiger partial charge in [-0.25, -0.2) is 9.78 Å². The molecule has 7 nitrogen and oxygen atoms in total. The van der Waals surface area contributed by atoms with E-state index in [1.165, 1.54) is 19.4 Å². The Bertz CT molecular complexity index is 1240. The number of methoxy groups -OCH3 is 1. The fourth-order valence-corrected chi connectivity index (χ4v) is 3.09. The third kappa shape index (κ3) is 3.07. The molecular weight excluding hydrogens is 366 g/mol. The molecule has 0 fully saturated rings. The van der Waals surface area contributed by atoms with E-state index in [-0.39, 0.29) is 11.4 Å². The van der Waals surface area contributed by atoms with Crippen molar-refractivity contribution in [3.63, 3.8) is 0 Å². The van der Waals surface area contributed by atoms with Crippen LogP contribution in [0.25, 0.3) is 21.8 Å². The van der Waals surface area contributed by atoms with Crippen LogP contribution in [0.15, 0.2) is 42.7 Å². The number of carbonyl (C=O) groups excluding carboxylic acids is 1. The van der Waals surface area contributed by atoms with Crippen molar-refractivity contribution in [1.82, 2.24) is 19.7 Å². The molecule has 0 unspecified atom stereocenters. The molecule has 0 atom stereocenters. The van der Waals surface area contributed by atoms with Crippen LogP contribution >= 0.6 is 11.6 Å². The van der Waals surface area contributed by atoms with E-state index in [0.717, 1.165) is 16.5 Å². The molecule has 8 heteroatoms. The maximum Gasteiger partial charge on any atom is 0.359 e. The molecule has 0 saturated heterocycles. The van der Waals surface area contributed by atoms with Gasteiger partial charge in [-0.15, -0.1) is 0 Å². The molecule has 132 valence electrons. The Hall–Kier alpha value is -3.50.